The van der Waals surface area contributed by atoms with E-state index < -0.39 is 9.84 Å². The standard InChI is InChI=1S/C13H18N2O4S/c1-2-19-13-11(4-3-6-14-13)12(16)15-8-10-5-7-20(17,18)9-10/h3-4,6,10H,2,5,7-9H2,1H3,(H,15,16)/t10-/m1/s1. The highest BCUT2D eigenvalue weighted by Crippen LogP contribution is 2.18. The van der Waals surface area contributed by atoms with E-state index in [-0.39, 0.29) is 23.3 Å². The van der Waals surface area contributed by atoms with Crippen LogP contribution in [-0.4, -0.2) is 44.0 Å². The van der Waals surface area contributed by atoms with E-state index in [1.165, 1.54) is 0 Å². The molecule has 0 saturated carbocycles. The molecule has 1 aliphatic rings. The maximum Gasteiger partial charge on any atom is 0.256 e. The van der Waals surface area contributed by atoms with Crippen LogP contribution in [0.5, 0.6) is 5.88 Å². The first-order valence-corrected chi connectivity index (χ1v) is 8.40. The van der Waals surface area contributed by atoms with Gasteiger partial charge in [-0.15, -0.1) is 0 Å². The average Bonchev–Trinajstić information content (AvgIpc) is 2.77. The molecule has 0 radical (unpaired) electrons. The minimum atomic E-state index is -2.91. The number of nitrogens with one attached hydrogen (secondary N) is 1. The molecule has 1 aromatic heterocycles. The van der Waals surface area contributed by atoms with Gasteiger partial charge in [0.2, 0.25) is 5.88 Å². The summed E-state index contributed by atoms with van der Waals surface area (Å²) in [5, 5.41) is 2.75. The Balaban J connectivity index is 1.95. The Kier molecular flexibility index (Phi) is 4.59. The number of pyridine rings is 1. The lowest BCUT2D eigenvalue weighted by Crippen LogP contribution is -2.30. The molecule has 1 amide bonds. The number of hydrogen-bond acceptors (Lipinski definition) is 5. The molecular formula is C13H18N2O4S. The molecule has 20 heavy (non-hydrogen) atoms. The molecule has 1 N–H and O–H groups in total. The maximum atomic E-state index is 12.1. The smallest absolute Gasteiger partial charge is 0.256 e. The second-order valence-corrected chi connectivity index (χ2v) is 7.00. The normalized spacial score (nSPS) is 20.6. The van der Waals surface area contributed by atoms with Gasteiger partial charge in [-0.3, -0.25) is 4.79 Å². The zero-order valence-corrected chi connectivity index (χ0v) is 12.1. The second-order valence-electron chi connectivity index (χ2n) is 4.77. The van der Waals surface area contributed by atoms with Crippen molar-refractivity contribution in [2.24, 2.45) is 5.92 Å². The van der Waals surface area contributed by atoms with Gasteiger partial charge in [0.05, 0.1) is 18.1 Å². The number of hydrogen-bond donors (Lipinski definition) is 1. The molecule has 1 fully saturated rings. The van der Waals surface area contributed by atoms with Gasteiger partial charge < -0.3 is 10.1 Å². The largest absolute Gasteiger partial charge is 0.477 e. The summed E-state index contributed by atoms with van der Waals surface area (Å²) in [6.07, 6.45) is 2.17. The monoisotopic (exact) mass is 298 g/mol. The quantitative estimate of drug-likeness (QED) is 0.862. The fourth-order valence-electron chi connectivity index (χ4n) is 2.18. The van der Waals surface area contributed by atoms with Crippen LogP contribution in [0, 0.1) is 5.92 Å². The summed E-state index contributed by atoms with van der Waals surface area (Å²) in [5.41, 5.74) is 0.371. The number of sulfone groups is 1. The summed E-state index contributed by atoms with van der Waals surface area (Å²) in [4.78, 5) is 16.1. The number of aromatic nitrogens is 1. The number of nitrogens with zero attached hydrogens (tertiary/aromatic N) is 1. The third-order valence-electron chi connectivity index (χ3n) is 3.17. The third kappa shape index (κ3) is 3.69. The van der Waals surface area contributed by atoms with Crippen molar-refractivity contribution in [1.82, 2.24) is 10.3 Å². The highest BCUT2D eigenvalue weighted by atomic mass is 32.2. The molecule has 2 heterocycles. The molecule has 1 aromatic rings. The lowest BCUT2D eigenvalue weighted by atomic mass is 10.1. The molecule has 0 spiro atoms. The number of carbonyl (C=O) groups excluding carboxylic acids is 1. The number of ether oxygens (including phenoxy) is 1. The predicted octanol–water partition coefficient (Wildman–Crippen LogP) is 0.645. The van der Waals surface area contributed by atoms with E-state index in [9.17, 15) is 13.2 Å². The van der Waals surface area contributed by atoms with Gasteiger partial charge in [0.15, 0.2) is 9.84 Å². The van der Waals surface area contributed by atoms with E-state index in [0.29, 0.717) is 31.0 Å². The van der Waals surface area contributed by atoms with E-state index in [2.05, 4.69) is 10.3 Å². The first-order valence-electron chi connectivity index (χ1n) is 6.58. The van der Waals surface area contributed by atoms with Crippen LogP contribution in [-0.2, 0) is 9.84 Å². The molecule has 0 aliphatic carbocycles. The number of amides is 1. The fourth-order valence-corrected chi connectivity index (χ4v) is 4.04. The van der Waals surface area contributed by atoms with Gasteiger partial charge in [-0.05, 0) is 31.4 Å². The van der Waals surface area contributed by atoms with Crippen molar-refractivity contribution in [3.05, 3.63) is 23.9 Å². The Bertz CT molecular complexity index is 586. The summed E-state index contributed by atoms with van der Waals surface area (Å²) in [5.74, 6) is 0.372. The van der Waals surface area contributed by atoms with Crippen molar-refractivity contribution >= 4 is 15.7 Å². The molecule has 7 heteroatoms. The second kappa shape index (κ2) is 6.21. The van der Waals surface area contributed by atoms with E-state index >= 15 is 0 Å². The van der Waals surface area contributed by atoms with Crippen LogP contribution < -0.4 is 10.1 Å². The Morgan fingerprint density at radius 3 is 3.00 bits per heavy atom. The summed E-state index contributed by atoms with van der Waals surface area (Å²) in [6.45, 7) is 2.61. The molecule has 0 bridgehead atoms. The minimum Gasteiger partial charge on any atom is -0.477 e. The Hall–Kier alpha value is -1.63. The van der Waals surface area contributed by atoms with Crippen LogP contribution in [0.3, 0.4) is 0 Å². The molecule has 110 valence electrons. The summed E-state index contributed by atoms with van der Waals surface area (Å²) < 4.78 is 28.0. The Labute approximate surface area is 118 Å². The van der Waals surface area contributed by atoms with Gasteiger partial charge in [-0.2, -0.15) is 0 Å². The van der Waals surface area contributed by atoms with Crippen molar-refractivity contribution in [3.63, 3.8) is 0 Å². The zero-order chi connectivity index (χ0) is 14.6. The topological polar surface area (TPSA) is 85.4 Å². The molecule has 6 nitrogen and oxygen atoms in total. The van der Waals surface area contributed by atoms with Gasteiger partial charge in [-0.1, -0.05) is 0 Å². The number of rotatable bonds is 5. The van der Waals surface area contributed by atoms with Gasteiger partial charge in [-0.25, -0.2) is 13.4 Å². The van der Waals surface area contributed by atoms with E-state index in [4.69, 9.17) is 4.74 Å². The van der Waals surface area contributed by atoms with Crippen LogP contribution in [0.15, 0.2) is 18.3 Å². The minimum absolute atomic E-state index is 0.00355. The van der Waals surface area contributed by atoms with Gasteiger partial charge in [0.25, 0.3) is 5.91 Å². The van der Waals surface area contributed by atoms with Crippen molar-refractivity contribution in [1.29, 1.82) is 0 Å². The molecule has 1 aliphatic heterocycles. The van der Waals surface area contributed by atoms with Crippen molar-refractivity contribution in [2.75, 3.05) is 24.7 Å². The van der Waals surface area contributed by atoms with Gasteiger partial charge in [0.1, 0.15) is 5.56 Å². The van der Waals surface area contributed by atoms with Crippen LogP contribution in [0.4, 0.5) is 0 Å². The molecule has 2 rings (SSSR count). The highest BCUT2D eigenvalue weighted by molar-refractivity contribution is 7.91. The SMILES string of the molecule is CCOc1ncccc1C(=O)NC[C@H]1CCS(=O)(=O)C1. The first-order chi connectivity index (χ1) is 9.52. The van der Waals surface area contributed by atoms with E-state index in [0.717, 1.165) is 0 Å². The van der Waals surface area contributed by atoms with Crippen LogP contribution in [0.2, 0.25) is 0 Å². The summed E-state index contributed by atoms with van der Waals surface area (Å²) in [6, 6.07) is 3.30. The fraction of sp³-hybridized carbons (Fsp3) is 0.538. The maximum absolute atomic E-state index is 12.1. The predicted molar refractivity (Wildman–Crippen MR) is 74.5 cm³/mol. The zero-order valence-electron chi connectivity index (χ0n) is 11.3. The van der Waals surface area contributed by atoms with Crippen molar-refractivity contribution < 1.29 is 17.9 Å². The van der Waals surface area contributed by atoms with E-state index in [1.807, 2.05) is 6.92 Å². The van der Waals surface area contributed by atoms with E-state index in [1.54, 1.807) is 18.3 Å². The molecule has 0 unspecified atom stereocenters. The average molecular weight is 298 g/mol. The lowest BCUT2D eigenvalue weighted by Gasteiger charge is -2.11. The molecule has 1 atom stereocenters. The Morgan fingerprint density at radius 2 is 2.35 bits per heavy atom. The molecule has 0 aromatic carbocycles. The van der Waals surface area contributed by atoms with Gasteiger partial charge >= 0.3 is 0 Å². The first kappa shape index (κ1) is 14.8. The number of carbonyl (C=O) groups is 1. The third-order valence-corrected chi connectivity index (χ3v) is 5.01. The van der Waals surface area contributed by atoms with Crippen molar-refractivity contribution in [3.8, 4) is 5.88 Å². The Morgan fingerprint density at radius 1 is 1.55 bits per heavy atom. The van der Waals surface area contributed by atoms with Crippen molar-refractivity contribution in [2.45, 2.75) is 13.3 Å². The van der Waals surface area contributed by atoms with Crippen LogP contribution in [0.25, 0.3) is 0 Å². The van der Waals surface area contributed by atoms with Crippen LogP contribution >= 0.6 is 0 Å². The summed E-state index contributed by atoms with van der Waals surface area (Å²) in [7, 11) is -2.91. The highest BCUT2D eigenvalue weighted by Gasteiger charge is 2.28. The molecule has 1 saturated heterocycles. The van der Waals surface area contributed by atoms with Gasteiger partial charge in [0, 0.05) is 12.7 Å². The summed E-state index contributed by atoms with van der Waals surface area (Å²) >= 11 is 0. The molecular weight excluding hydrogens is 280 g/mol. The lowest BCUT2D eigenvalue weighted by molar-refractivity contribution is 0.0943. The van der Waals surface area contributed by atoms with Crippen LogP contribution in [0.1, 0.15) is 23.7 Å².